The molecule has 4 unspecified atom stereocenters. The zero-order valence-electron chi connectivity index (χ0n) is 21.7. The zero-order chi connectivity index (χ0) is 24.9. The summed E-state index contributed by atoms with van der Waals surface area (Å²) in [5.74, 6) is -1.03. The quantitative estimate of drug-likeness (QED) is 0.155. The number of aliphatic hydroxyl groups excluding tert-OH is 2. The maximum absolute atomic E-state index is 12.1. The minimum atomic E-state index is -0.707. The smallest absolute Gasteiger partial charge is 0.322 e. The molecule has 0 saturated heterocycles. The predicted molar refractivity (Wildman–Crippen MR) is 132 cm³/mol. The van der Waals surface area contributed by atoms with Crippen LogP contribution in [0.3, 0.4) is 0 Å². The predicted octanol–water partition coefficient (Wildman–Crippen LogP) is 4.66. The molecule has 0 heterocycles. The third kappa shape index (κ3) is 18.9. The first-order valence-electron chi connectivity index (χ1n) is 13.3. The van der Waals surface area contributed by atoms with Gasteiger partial charge in [-0.1, -0.05) is 90.9 Å². The summed E-state index contributed by atoms with van der Waals surface area (Å²) in [5, 5.41) is 22.8. The number of esters is 2. The third-order valence-corrected chi connectivity index (χ3v) is 5.82. The minimum Gasteiger partial charge on any atom is -0.462 e. The molecule has 4 atom stereocenters. The van der Waals surface area contributed by atoms with Gasteiger partial charge in [-0.2, -0.15) is 0 Å². The van der Waals surface area contributed by atoms with Gasteiger partial charge >= 0.3 is 11.9 Å². The summed E-state index contributed by atoms with van der Waals surface area (Å²) in [6, 6.07) is -1.41. The summed E-state index contributed by atoms with van der Waals surface area (Å²) in [6.07, 6.45) is 13.6. The summed E-state index contributed by atoms with van der Waals surface area (Å²) in [5.41, 5.74) is 0. The van der Waals surface area contributed by atoms with Crippen LogP contribution in [0.1, 0.15) is 118 Å². The Kier molecular flexibility index (Phi) is 20.6. The first-order valence-corrected chi connectivity index (χ1v) is 13.3. The molecule has 33 heavy (non-hydrogen) atoms. The van der Waals surface area contributed by atoms with Gasteiger partial charge in [0.25, 0.3) is 0 Å². The topological polar surface area (TPSA) is 105 Å². The molecule has 0 aliphatic rings. The number of rotatable bonds is 22. The van der Waals surface area contributed by atoms with Gasteiger partial charge < -0.3 is 19.7 Å². The average Bonchev–Trinajstić information content (AvgIpc) is 2.80. The fourth-order valence-electron chi connectivity index (χ4n) is 3.60. The first-order chi connectivity index (χ1) is 15.8. The molecule has 196 valence electrons. The Labute approximate surface area is 202 Å². The number of hydrogen-bond acceptors (Lipinski definition) is 7. The van der Waals surface area contributed by atoms with Crippen molar-refractivity contribution in [3.63, 3.8) is 0 Å². The Morgan fingerprint density at radius 2 is 0.970 bits per heavy atom. The highest BCUT2D eigenvalue weighted by Gasteiger charge is 2.23. The van der Waals surface area contributed by atoms with Crippen LogP contribution in [0.5, 0.6) is 0 Å². The van der Waals surface area contributed by atoms with Crippen LogP contribution in [0.2, 0.25) is 0 Å². The number of ether oxygens (including phenoxy) is 2. The standard InChI is InChI=1S/C26H51NO6/c1-5-7-9-11-13-15-17-23(28)19-32-25(30)21(3)27-22(4)26(31)33-20-24(29)18-16-14-12-10-8-6-2/h21-24,27-29H,5-20H2,1-4H3. The summed E-state index contributed by atoms with van der Waals surface area (Å²) < 4.78 is 10.4. The van der Waals surface area contributed by atoms with Crippen molar-refractivity contribution in [3.05, 3.63) is 0 Å². The molecule has 0 aromatic heterocycles. The highest BCUT2D eigenvalue weighted by Crippen LogP contribution is 2.10. The van der Waals surface area contributed by atoms with Gasteiger partial charge in [0, 0.05) is 0 Å². The van der Waals surface area contributed by atoms with Gasteiger partial charge in [0.15, 0.2) is 0 Å². The van der Waals surface area contributed by atoms with E-state index in [1.54, 1.807) is 13.8 Å². The van der Waals surface area contributed by atoms with Crippen molar-refractivity contribution < 1.29 is 29.3 Å². The van der Waals surface area contributed by atoms with E-state index in [4.69, 9.17) is 9.47 Å². The minimum absolute atomic E-state index is 0.0384. The van der Waals surface area contributed by atoms with Crippen molar-refractivity contribution in [1.29, 1.82) is 0 Å². The molecule has 0 rings (SSSR count). The average molecular weight is 474 g/mol. The van der Waals surface area contributed by atoms with Gasteiger partial charge in [-0.15, -0.1) is 0 Å². The third-order valence-electron chi connectivity index (χ3n) is 5.82. The molecule has 0 bridgehead atoms. The second-order valence-electron chi connectivity index (χ2n) is 9.29. The van der Waals surface area contributed by atoms with Crippen LogP contribution < -0.4 is 5.32 Å². The lowest BCUT2D eigenvalue weighted by Crippen LogP contribution is -2.46. The number of nitrogens with one attached hydrogen (secondary N) is 1. The Morgan fingerprint density at radius 1 is 0.636 bits per heavy atom. The summed E-state index contributed by atoms with van der Waals surface area (Å²) in [4.78, 5) is 24.3. The fourth-order valence-corrected chi connectivity index (χ4v) is 3.60. The summed E-state index contributed by atoms with van der Waals surface area (Å²) in [6.45, 7) is 7.51. The summed E-state index contributed by atoms with van der Waals surface area (Å²) >= 11 is 0. The highest BCUT2D eigenvalue weighted by atomic mass is 16.5. The molecule has 0 fully saturated rings. The van der Waals surface area contributed by atoms with Crippen LogP contribution in [0, 0.1) is 0 Å². The van der Waals surface area contributed by atoms with Crippen molar-refractivity contribution in [3.8, 4) is 0 Å². The molecule has 0 aliphatic carbocycles. The normalized spacial score (nSPS) is 15.0. The van der Waals surface area contributed by atoms with E-state index < -0.39 is 36.2 Å². The number of carbonyl (C=O) groups excluding carboxylic acids is 2. The van der Waals surface area contributed by atoms with E-state index in [-0.39, 0.29) is 13.2 Å². The van der Waals surface area contributed by atoms with Crippen molar-refractivity contribution in [2.75, 3.05) is 13.2 Å². The van der Waals surface area contributed by atoms with E-state index >= 15 is 0 Å². The van der Waals surface area contributed by atoms with Crippen LogP contribution in [-0.4, -0.2) is 59.7 Å². The second-order valence-corrected chi connectivity index (χ2v) is 9.29. The van der Waals surface area contributed by atoms with E-state index in [0.717, 1.165) is 25.7 Å². The lowest BCUT2D eigenvalue weighted by atomic mass is 10.1. The first kappa shape index (κ1) is 31.8. The SMILES string of the molecule is CCCCCCCCC(O)COC(=O)C(C)NC(C)C(=O)OCC(O)CCCCCCCC. The van der Waals surface area contributed by atoms with Gasteiger partial charge in [-0.05, 0) is 26.7 Å². The Hall–Kier alpha value is -1.18. The van der Waals surface area contributed by atoms with E-state index in [0.29, 0.717) is 12.8 Å². The zero-order valence-corrected chi connectivity index (χ0v) is 21.7. The highest BCUT2D eigenvalue weighted by molar-refractivity contribution is 5.79. The molecule has 0 aliphatic heterocycles. The molecule has 7 nitrogen and oxygen atoms in total. The molecular formula is C26H51NO6. The molecule has 0 amide bonds. The maximum atomic E-state index is 12.1. The van der Waals surface area contributed by atoms with Gasteiger partial charge in [0.05, 0.1) is 12.2 Å². The van der Waals surface area contributed by atoms with Crippen LogP contribution >= 0.6 is 0 Å². The second kappa shape index (κ2) is 21.4. The molecule has 0 aromatic rings. The fraction of sp³-hybridized carbons (Fsp3) is 0.923. The largest absolute Gasteiger partial charge is 0.462 e. The van der Waals surface area contributed by atoms with E-state index in [2.05, 4.69) is 19.2 Å². The van der Waals surface area contributed by atoms with Gasteiger partial charge in [-0.25, -0.2) is 0 Å². The summed E-state index contributed by atoms with van der Waals surface area (Å²) in [7, 11) is 0. The van der Waals surface area contributed by atoms with Gasteiger partial charge in [-0.3, -0.25) is 14.9 Å². The van der Waals surface area contributed by atoms with E-state index in [1.807, 2.05) is 0 Å². The van der Waals surface area contributed by atoms with Gasteiger partial charge in [0.1, 0.15) is 25.3 Å². The van der Waals surface area contributed by atoms with Crippen LogP contribution in [0.25, 0.3) is 0 Å². The molecule has 0 aromatic carbocycles. The molecular weight excluding hydrogens is 422 g/mol. The molecule has 3 N–H and O–H groups in total. The van der Waals surface area contributed by atoms with Crippen molar-refractivity contribution in [2.45, 2.75) is 142 Å². The van der Waals surface area contributed by atoms with Crippen LogP contribution in [0.15, 0.2) is 0 Å². The molecule has 0 radical (unpaired) electrons. The van der Waals surface area contributed by atoms with E-state index in [1.165, 1.54) is 51.4 Å². The maximum Gasteiger partial charge on any atom is 0.322 e. The van der Waals surface area contributed by atoms with Gasteiger partial charge in [0.2, 0.25) is 0 Å². The Morgan fingerprint density at radius 3 is 1.33 bits per heavy atom. The van der Waals surface area contributed by atoms with Crippen LogP contribution in [-0.2, 0) is 19.1 Å². The van der Waals surface area contributed by atoms with Crippen molar-refractivity contribution >= 4 is 11.9 Å². The molecule has 0 spiro atoms. The van der Waals surface area contributed by atoms with E-state index in [9.17, 15) is 19.8 Å². The molecule has 0 saturated carbocycles. The van der Waals surface area contributed by atoms with Crippen LogP contribution in [0.4, 0.5) is 0 Å². The lowest BCUT2D eigenvalue weighted by Gasteiger charge is -2.20. The number of hydrogen-bond donors (Lipinski definition) is 3. The number of carbonyl (C=O) groups is 2. The monoisotopic (exact) mass is 473 g/mol. The Bertz CT molecular complexity index is 445. The molecule has 7 heteroatoms. The van der Waals surface area contributed by atoms with Crippen molar-refractivity contribution in [2.24, 2.45) is 0 Å². The number of aliphatic hydroxyl groups is 2. The lowest BCUT2D eigenvalue weighted by molar-refractivity contribution is -0.152. The number of unbranched alkanes of at least 4 members (excludes halogenated alkanes) is 10. The van der Waals surface area contributed by atoms with Crippen molar-refractivity contribution in [1.82, 2.24) is 5.32 Å². The Balaban J connectivity index is 3.93.